The number of nitrogens with one attached hydrogen (secondary N) is 2. The average Bonchev–Trinajstić information content (AvgIpc) is 2.26. The second kappa shape index (κ2) is 3.21. The smallest absolute Gasteiger partial charge is 0.322 e. The number of hydrogen-bond donors (Lipinski definition) is 2. The molecule has 0 saturated carbocycles. The van der Waals surface area contributed by atoms with Crippen molar-refractivity contribution in [3.8, 4) is 0 Å². The highest BCUT2D eigenvalue weighted by Crippen LogP contribution is 2.01. The fourth-order valence-corrected chi connectivity index (χ4v) is 0.924. The zero-order chi connectivity index (χ0) is 9.14. The van der Waals surface area contributed by atoms with Crippen molar-refractivity contribution in [2.24, 2.45) is 0 Å². The first kappa shape index (κ1) is 8.51. The topological polar surface area (TPSA) is 98.3 Å². The largest absolute Gasteiger partial charge is 0.550 e. The minimum Gasteiger partial charge on any atom is -0.550 e. The number of carboxylic acid groups (broad SMARTS) is 1. The van der Waals surface area contributed by atoms with Gasteiger partial charge in [-0.2, -0.15) is 0 Å². The highest BCUT2D eigenvalue weighted by atomic mass is 16.4. The van der Waals surface area contributed by atoms with Crippen LogP contribution in [0.15, 0.2) is 0 Å². The third-order valence-electron chi connectivity index (χ3n) is 1.50. The van der Waals surface area contributed by atoms with Gasteiger partial charge >= 0.3 is 6.03 Å². The summed E-state index contributed by atoms with van der Waals surface area (Å²) in [6.07, 6.45) is -0.168. The first-order chi connectivity index (χ1) is 5.59. The minimum atomic E-state index is -1.23. The van der Waals surface area contributed by atoms with Crippen LogP contribution in [0.4, 0.5) is 4.79 Å². The van der Waals surface area contributed by atoms with E-state index in [4.69, 9.17) is 0 Å². The number of carbonyl (C=O) groups is 3. The molecule has 1 aliphatic heterocycles. The van der Waals surface area contributed by atoms with Gasteiger partial charge in [-0.1, -0.05) is 0 Å². The summed E-state index contributed by atoms with van der Waals surface area (Å²) < 4.78 is 0. The van der Waals surface area contributed by atoms with Crippen molar-refractivity contribution in [2.45, 2.75) is 18.9 Å². The third-order valence-corrected chi connectivity index (χ3v) is 1.50. The predicted molar refractivity (Wildman–Crippen MR) is 34.7 cm³/mol. The van der Waals surface area contributed by atoms with Crippen LogP contribution in [-0.4, -0.2) is 23.9 Å². The predicted octanol–water partition coefficient (Wildman–Crippen LogP) is -2.28. The summed E-state index contributed by atoms with van der Waals surface area (Å²) in [5, 5.41) is 14.2. The van der Waals surface area contributed by atoms with Crippen molar-refractivity contribution < 1.29 is 19.5 Å². The number of carbonyl (C=O) groups excluding carboxylic acids is 3. The number of urea groups is 1. The van der Waals surface area contributed by atoms with Crippen molar-refractivity contribution in [1.29, 1.82) is 0 Å². The van der Waals surface area contributed by atoms with Crippen molar-refractivity contribution >= 4 is 17.9 Å². The molecule has 3 amide bonds. The van der Waals surface area contributed by atoms with Crippen LogP contribution in [0.2, 0.25) is 0 Å². The fraction of sp³-hybridized carbons (Fsp3) is 0.500. The Morgan fingerprint density at radius 2 is 2.17 bits per heavy atom. The highest BCUT2D eigenvalue weighted by molar-refractivity contribution is 6.04. The molecule has 1 fully saturated rings. The molecule has 0 aliphatic carbocycles. The minimum absolute atomic E-state index is 0.0694. The van der Waals surface area contributed by atoms with Crippen LogP contribution < -0.4 is 15.7 Å². The molecule has 1 heterocycles. The van der Waals surface area contributed by atoms with E-state index in [0.717, 1.165) is 0 Å². The number of imide groups is 1. The van der Waals surface area contributed by atoms with E-state index in [2.05, 4.69) is 5.32 Å². The molecule has 1 rings (SSSR count). The van der Waals surface area contributed by atoms with Crippen LogP contribution >= 0.6 is 0 Å². The molecule has 6 nitrogen and oxygen atoms in total. The Morgan fingerprint density at radius 1 is 1.50 bits per heavy atom. The molecule has 1 saturated heterocycles. The number of carboxylic acids is 1. The lowest BCUT2D eigenvalue weighted by atomic mass is 10.1. The summed E-state index contributed by atoms with van der Waals surface area (Å²) in [6.45, 7) is 0. The number of amides is 3. The molecule has 1 atom stereocenters. The third kappa shape index (κ3) is 1.94. The zero-order valence-electron chi connectivity index (χ0n) is 6.12. The molecule has 1 unspecified atom stereocenters. The van der Waals surface area contributed by atoms with Crippen molar-refractivity contribution in [3.05, 3.63) is 0 Å². The monoisotopic (exact) mass is 171 g/mol. The van der Waals surface area contributed by atoms with Crippen LogP contribution in [0, 0.1) is 0 Å². The van der Waals surface area contributed by atoms with Gasteiger partial charge in [0.2, 0.25) is 0 Å². The van der Waals surface area contributed by atoms with Gasteiger partial charge in [0.1, 0.15) is 6.04 Å². The molecule has 0 bridgehead atoms. The van der Waals surface area contributed by atoms with E-state index < -0.39 is 23.9 Å². The standard InChI is InChI=1S/C6H8N2O4/c9-4(10)2-1-3-5(11)8-6(12)7-3/h3H,1-2H2,(H,9,10)(H2,7,8,11,12)/p-1. The summed E-state index contributed by atoms with van der Waals surface area (Å²) in [7, 11) is 0. The van der Waals surface area contributed by atoms with Gasteiger partial charge in [0, 0.05) is 5.97 Å². The van der Waals surface area contributed by atoms with Crippen molar-refractivity contribution in [3.63, 3.8) is 0 Å². The SMILES string of the molecule is O=C([O-])CCC1NC(=O)NC1=O. The molecule has 0 spiro atoms. The van der Waals surface area contributed by atoms with Crippen LogP contribution in [0.3, 0.4) is 0 Å². The quantitative estimate of drug-likeness (QED) is 0.467. The van der Waals surface area contributed by atoms with Gasteiger partial charge in [0.25, 0.3) is 5.91 Å². The van der Waals surface area contributed by atoms with E-state index in [-0.39, 0.29) is 12.8 Å². The van der Waals surface area contributed by atoms with Gasteiger partial charge in [-0.05, 0) is 12.8 Å². The lowest BCUT2D eigenvalue weighted by Crippen LogP contribution is -2.32. The summed E-state index contributed by atoms with van der Waals surface area (Å²) in [6, 6.07) is -1.31. The summed E-state index contributed by atoms with van der Waals surface area (Å²) in [5.41, 5.74) is 0. The molecule has 1 aliphatic rings. The fourth-order valence-electron chi connectivity index (χ4n) is 0.924. The van der Waals surface area contributed by atoms with E-state index in [9.17, 15) is 19.5 Å². The van der Waals surface area contributed by atoms with Crippen LogP contribution in [-0.2, 0) is 9.59 Å². The maximum Gasteiger partial charge on any atom is 0.322 e. The van der Waals surface area contributed by atoms with Gasteiger partial charge in [0.15, 0.2) is 0 Å². The Hall–Kier alpha value is -1.59. The van der Waals surface area contributed by atoms with Gasteiger partial charge in [-0.3, -0.25) is 10.1 Å². The van der Waals surface area contributed by atoms with Crippen molar-refractivity contribution in [2.75, 3.05) is 0 Å². The van der Waals surface area contributed by atoms with Crippen LogP contribution in [0.5, 0.6) is 0 Å². The van der Waals surface area contributed by atoms with E-state index in [1.807, 2.05) is 5.32 Å². The Bertz CT molecular complexity index is 238. The molecule has 0 aromatic rings. The number of hydrogen-bond acceptors (Lipinski definition) is 4. The van der Waals surface area contributed by atoms with Crippen molar-refractivity contribution in [1.82, 2.24) is 10.6 Å². The Labute approximate surface area is 67.9 Å². The highest BCUT2D eigenvalue weighted by Gasteiger charge is 2.28. The maximum absolute atomic E-state index is 10.8. The number of aliphatic carboxylic acids is 1. The lowest BCUT2D eigenvalue weighted by molar-refractivity contribution is -0.305. The summed E-state index contributed by atoms with van der Waals surface area (Å²) >= 11 is 0. The second-order valence-electron chi connectivity index (χ2n) is 2.43. The van der Waals surface area contributed by atoms with Crippen LogP contribution in [0.1, 0.15) is 12.8 Å². The van der Waals surface area contributed by atoms with E-state index >= 15 is 0 Å². The maximum atomic E-state index is 10.8. The Kier molecular flexibility index (Phi) is 2.27. The molecule has 0 aromatic carbocycles. The van der Waals surface area contributed by atoms with E-state index in [1.165, 1.54) is 0 Å². The molecule has 6 heteroatoms. The van der Waals surface area contributed by atoms with Gasteiger partial charge < -0.3 is 15.2 Å². The Morgan fingerprint density at radius 3 is 2.58 bits per heavy atom. The lowest BCUT2D eigenvalue weighted by Gasteiger charge is -2.06. The molecule has 12 heavy (non-hydrogen) atoms. The first-order valence-corrected chi connectivity index (χ1v) is 3.41. The summed E-state index contributed by atoms with van der Waals surface area (Å²) in [5.74, 6) is -1.72. The molecular weight excluding hydrogens is 164 g/mol. The van der Waals surface area contributed by atoms with Gasteiger partial charge in [0.05, 0.1) is 0 Å². The van der Waals surface area contributed by atoms with E-state index in [0.29, 0.717) is 0 Å². The molecule has 0 radical (unpaired) electrons. The molecular formula is C6H7N2O4-. The Balaban J connectivity index is 2.38. The zero-order valence-corrected chi connectivity index (χ0v) is 6.12. The summed E-state index contributed by atoms with van der Waals surface area (Å²) in [4.78, 5) is 31.3. The average molecular weight is 171 g/mol. The normalized spacial score (nSPS) is 21.8. The van der Waals surface area contributed by atoms with Gasteiger partial charge in [-0.25, -0.2) is 4.79 Å². The molecule has 2 N–H and O–H groups in total. The number of rotatable bonds is 3. The van der Waals surface area contributed by atoms with Crippen LogP contribution in [0.25, 0.3) is 0 Å². The van der Waals surface area contributed by atoms with E-state index in [1.54, 1.807) is 0 Å². The molecule has 0 aromatic heterocycles. The van der Waals surface area contributed by atoms with Gasteiger partial charge in [-0.15, -0.1) is 0 Å². The second-order valence-corrected chi connectivity index (χ2v) is 2.43. The first-order valence-electron chi connectivity index (χ1n) is 3.41. The molecule has 66 valence electrons.